The summed E-state index contributed by atoms with van der Waals surface area (Å²) in [4.78, 5) is 26.1. The first-order valence-corrected chi connectivity index (χ1v) is 11.2. The molecule has 1 aliphatic heterocycles. The van der Waals surface area contributed by atoms with E-state index < -0.39 is 0 Å². The van der Waals surface area contributed by atoms with Crippen molar-refractivity contribution in [1.29, 1.82) is 0 Å². The highest BCUT2D eigenvalue weighted by atomic mass is 35.5. The Morgan fingerprint density at radius 3 is 2.66 bits per heavy atom. The number of carbonyl (C=O) groups is 2. The molecule has 1 fully saturated rings. The molecule has 0 bridgehead atoms. The fourth-order valence-electron chi connectivity index (χ4n) is 2.96. The number of nitrogens with zero attached hydrogens (tertiary/aromatic N) is 1. The largest absolute Gasteiger partial charge is 0.484 e. The summed E-state index contributed by atoms with van der Waals surface area (Å²) in [5, 5.41) is 4.03. The molecule has 1 saturated heterocycles. The van der Waals surface area contributed by atoms with Crippen molar-refractivity contribution in [2.45, 2.75) is 18.6 Å². The second-order valence-electron chi connectivity index (χ2n) is 6.68. The summed E-state index contributed by atoms with van der Waals surface area (Å²) in [5.41, 5.74) is 1.57. The minimum atomic E-state index is -0.120. The van der Waals surface area contributed by atoms with E-state index in [1.54, 1.807) is 36.4 Å². The summed E-state index contributed by atoms with van der Waals surface area (Å²) in [6.45, 7) is 1.61. The van der Waals surface area contributed by atoms with E-state index in [-0.39, 0.29) is 24.2 Å². The standard InChI is InChI=1S/C21H22Cl2N2O3S/c22-16-7-6-15(19(23)10-16)13-29-14-20(26)24-17-4-3-5-18(11-17)28-12-21(27)25-8-1-2-9-25/h3-7,10-11H,1-2,8-9,12-14H2,(H,24,26). The van der Waals surface area contributed by atoms with Crippen LogP contribution in [0, 0.1) is 0 Å². The quantitative estimate of drug-likeness (QED) is 0.620. The van der Waals surface area contributed by atoms with Gasteiger partial charge >= 0.3 is 0 Å². The van der Waals surface area contributed by atoms with E-state index in [0.717, 1.165) is 31.5 Å². The van der Waals surface area contributed by atoms with Gasteiger partial charge in [-0.3, -0.25) is 9.59 Å². The SMILES string of the molecule is O=C(CSCc1ccc(Cl)cc1Cl)Nc1cccc(OCC(=O)N2CCCC2)c1. The van der Waals surface area contributed by atoms with Crippen LogP contribution in [0.25, 0.3) is 0 Å². The van der Waals surface area contributed by atoms with E-state index in [2.05, 4.69) is 5.32 Å². The predicted molar refractivity (Wildman–Crippen MR) is 119 cm³/mol. The molecule has 5 nitrogen and oxygen atoms in total. The van der Waals surface area contributed by atoms with Gasteiger partial charge in [0.25, 0.3) is 5.91 Å². The maximum Gasteiger partial charge on any atom is 0.260 e. The van der Waals surface area contributed by atoms with Gasteiger partial charge in [-0.25, -0.2) is 0 Å². The average molecular weight is 453 g/mol. The average Bonchev–Trinajstić information content (AvgIpc) is 3.23. The predicted octanol–water partition coefficient (Wildman–Crippen LogP) is 4.87. The first-order chi connectivity index (χ1) is 14.0. The van der Waals surface area contributed by atoms with Crippen molar-refractivity contribution in [3.8, 4) is 5.75 Å². The molecule has 0 unspecified atom stereocenters. The van der Waals surface area contributed by atoms with E-state index in [4.69, 9.17) is 27.9 Å². The molecule has 29 heavy (non-hydrogen) atoms. The number of hydrogen-bond donors (Lipinski definition) is 1. The summed E-state index contributed by atoms with van der Waals surface area (Å²) in [6, 6.07) is 12.4. The molecule has 1 heterocycles. The third-order valence-electron chi connectivity index (χ3n) is 4.44. The van der Waals surface area contributed by atoms with Crippen molar-refractivity contribution in [2.75, 3.05) is 30.8 Å². The molecule has 0 aromatic heterocycles. The molecule has 0 radical (unpaired) electrons. The summed E-state index contributed by atoms with van der Waals surface area (Å²) >= 11 is 13.5. The summed E-state index contributed by atoms with van der Waals surface area (Å²) < 4.78 is 5.59. The molecule has 1 aliphatic rings. The van der Waals surface area contributed by atoms with Crippen molar-refractivity contribution in [2.24, 2.45) is 0 Å². The Labute approximate surface area is 184 Å². The summed E-state index contributed by atoms with van der Waals surface area (Å²) in [6.07, 6.45) is 2.10. The molecule has 8 heteroatoms. The van der Waals surface area contributed by atoms with Crippen molar-refractivity contribution in [3.63, 3.8) is 0 Å². The van der Waals surface area contributed by atoms with Gasteiger partial charge in [0.2, 0.25) is 5.91 Å². The molecule has 154 valence electrons. The highest BCUT2D eigenvalue weighted by Crippen LogP contribution is 2.25. The van der Waals surface area contributed by atoms with Gasteiger partial charge < -0.3 is 15.0 Å². The van der Waals surface area contributed by atoms with Crippen LogP contribution in [-0.2, 0) is 15.3 Å². The van der Waals surface area contributed by atoms with Crippen LogP contribution in [0.3, 0.4) is 0 Å². The van der Waals surface area contributed by atoms with Crippen LogP contribution >= 0.6 is 35.0 Å². The number of carbonyl (C=O) groups excluding carboxylic acids is 2. The van der Waals surface area contributed by atoms with E-state index in [0.29, 0.717) is 27.2 Å². The molecule has 3 rings (SSSR count). The van der Waals surface area contributed by atoms with E-state index in [9.17, 15) is 9.59 Å². The zero-order chi connectivity index (χ0) is 20.6. The van der Waals surface area contributed by atoms with Gasteiger partial charge in [0.15, 0.2) is 6.61 Å². The van der Waals surface area contributed by atoms with E-state index in [1.807, 2.05) is 11.0 Å². The molecule has 0 saturated carbocycles. The molecule has 0 spiro atoms. The molecule has 2 aromatic carbocycles. The fraction of sp³-hybridized carbons (Fsp3) is 0.333. The van der Waals surface area contributed by atoms with Crippen molar-refractivity contribution < 1.29 is 14.3 Å². The highest BCUT2D eigenvalue weighted by Gasteiger charge is 2.18. The number of halogens is 2. The molecule has 0 atom stereocenters. The Bertz CT molecular complexity index is 873. The Balaban J connectivity index is 1.44. The van der Waals surface area contributed by atoms with Gasteiger partial charge in [-0.2, -0.15) is 0 Å². The van der Waals surface area contributed by atoms with Gasteiger partial charge in [0.1, 0.15) is 5.75 Å². The lowest BCUT2D eigenvalue weighted by Crippen LogP contribution is -2.32. The maximum absolute atomic E-state index is 12.2. The monoisotopic (exact) mass is 452 g/mol. The normalized spacial score (nSPS) is 13.4. The van der Waals surface area contributed by atoms with Crippen molar-refractivity contribution in [1.82, 2.24) is 4.90 Å². The van der Waals surface area contributed by atoms with Crippen molar-refractivity contribution >= 4 is 52.5 Å². The number of nitrogens with one attached hydrogen (secondary N) is 1. The third kappa shape index (κ3) is 6.84. The molecular weight excluding hydrogens is 431 g/mol. The van der Waals surface area contributed by atoms with Crippen LogP contribution in [-0.4, -0.2) is 42.2 Å². The lowest BCUT2D eigenvalue weighted by molar-refractivity contribution is -0.132. The van der Waals surface area contributed by atoms with Crippen LogP contribution in [0.4, 0.5) is 5.69 Å². The second kappa shape index (κ2) is 10.8. The lowest BCUT2D eigenvalue weighted by Gasteiger charge is -2.15. The third-order valence-corrected chi connectivity index (χ3v) is 6.01. The smallest absolute Gasteiger partial charge is 0.260 e. The Hall–Kier alpha value is -1.89. The van der Waals surface area contributed by atoms with Crippen LogP contribution in [0.1, 0.15) is 18.4 Å². The lowest BCUT2D eigenvalue weighted by atomic mass is 10.2. The van der Waals surface area contributed by atoms with Crippen LogP contribution in [0.5, 0.6) is 5.75 Å². The number of likely N-dealkylation sites (tertiary alicyclic amines) is 1. The Kier molecular flexibility index (Phi) is 8.09. The highest BCUT2D eigenvalue weighted by molar-refractivity contribution is 7.99. The second-order valence-corrected chi connectivity index (χ2v) is 8.51. The molecule has 1 N–H and O–H groups in total. The first kappa shape index (κ1) is 21.8. The van der Waals surface area contributed by atoms with E-state index >= 15 is 0 Å². The van der Waals surface area contributed by atoms with Gasteiger partial charge in [0.05, 0.1) is 5.75 Å². The van der Waals surface area contributed by atoms with Gasteiger partial charge in [-0.05, 0) is 42.7 Å². The minimum absolute atomic E-state index is 0.00537. The number of thioether (sulfide) groups is 1. The number of hydrogen-bond acceptors (Lipinski definition) is 4. The Morgan fingerprint density at radius 2 is 1.90 bits per heavy atom. The summed E-state index contributed by atoms with van der Waals surface area (Å²) in [7, 11) is 0. The number of anilines is 1. The number of amides is 2. The van der Waals surface area contributed by atoms with E-state index in [1.165, 1.54) is 11.8 Å². The maximum atomic E-state index is 12.2. The Morgan fingerprint density at radius 1 is 1.10 bits per heavy atom. The number of benzene rings is 2. The zero-order valence-electron chi connectivity index (χ0n) is 15.8. The minimum Gasteiger partial charge on any atom is -0.484 e. The number of ether oxygens (including phenoxy) is 1. The topological polar surface area (TPSA) is 58.6 Å². The molecule has 2 amide bonds. The van der Waals surface area contributed by atoms with Gasteiger partial charge in [0, 0.05) is 40.6 Å². The fourth-order valence-corrected chi connectivity index (χ4v) is 4.34. The van der Waals surface area contributed by atoms with Gasteiger partial charge in [-0.1, -0.05) is 35.3 Å². The molecule has 2 aromatic rings. The number of rotatable bonds is 8. The van der Waals surface area contributed by atoms with Crippen LogP contribution < -0.4 is 10.1 Å². The van der Waals surface area contributed by atoms with Crippen molar-refractivity contribution in [3.05, 3.63) is 58.1 Å². The molecule has 0 aliphatic carbocycles. The summed E-state index contributed by atoms with van der Waals surface area (Å²) in [5.74, 6) is 1.33. The first-order valence-electron chi connectivity index (χ1n) is 9.33. The van der Waals surface area contributed by atoms with Gasteiger partial charge in [-0.15, -0.1) is 11.8 Å². The molecular formula is C21H22Cl2N2O3S. The van der Waals surface area contributed by atoms with Crippen LogP contribution in [0.2, 0.25) is 10.0 Å². The zero-order valence-corrected chi connectivity index (χ0v) is 18.2. The van der Waals surface area contributed by atoms with Crippen LogP contribution in [0.15, 0.2) is 42.5 Å².